The lowest BCUT2D eigenvalue weighted by Gasteiger charge is -2.29. The van der Waals surface area contributed by atoms with E-state index >= 15 is 0 Å². The summed E-state index contributed by atoms with van der Waals surface area (Å²) in [5, 5.41) is 0. The summed E-state index contributed by atoms with van der Waals surface area (Å²) in [7, 11) is -3.13. The van der Waals surface area contributed by atoms with E-state index < -0.39 is 22.4 Å². The molecule has 3 rings (SSSR count). The number of rotatable bonds is 7. The summed E-state index contributed by atoms with van der Waals surface area (Å²) < 4.78 is 31.1. The summed E-state index contributed by atoms with van der Waals surface area (Å²) in [4.78, 5) is 27.2. The zero-order chi connectivity index (χ0) is 23.6. The molecule has 1 fully saturated rings. The van der Waals surface area contributed by atoms with Gasteiger partial charge < -0.3 is 14.2 Å². The second kappa shape index (κ2) is 9.48. The highest BCUT2D eigenvalue weighted by Crippen LogP contribution is 2.23. The maximum atomic E-state index is 12.9. The second-order valence-corrected chi connectivity index (χ2v) is 11.3. The maximum absolute atomic E-state index is 12.9. The van der Waals surface area contributed by atoms with Gasteiger partial charge in [0, 0.05) is 29.7 Å². The van der Waals surface area contributed by atoms with Gasteiger partial charge in [-0.15, -0.1) is 0 Å². The van der Waals surface area contributed by atoms with Crippen molar-refractivity contribution in [3.05, 3.63) is 52.8 Å². The second-order valence-electron chi connectivity index (χ2n) is 9.03. The fraction of sp³-hybridized carbons (Fsp3) is 0.500. The Kier molecular flexibility index (Phi) is 7.12. The van der Waals surface area contributed by atoms with Crippen LogP contribution >= 0.6 is 0 Å². The number of sulfone groups is 1. The first-order valence-electron chi connectivity index (χ1n) is 10.9. The first-order chi connectivity index (χ1) is 15.0. The minimum absolute atomic E-state index is 0.0306. The summed E-state index contributed by atoms with van der Waals surface area (Å²) in [5.74, 6) is -0.692. The Hall–Kier alpha value is -2.61. The zero-order valence-corrected chi connectivity index (χ0v) is 20.2. The predicted octanol–water partition coefficient (Wildman–Crippen LogP) is 3.23. The number of aromatic nitrogens is 1. The molecule has 8 heteroatoms. The Bertz CT molecular complexity index is 1100. The van der Waals surface area contributed by atoms with Crippen molar-refractivity contribution in [3.63, 3.8) is 0 Å². The number of benzene rings is 1. The van der Waals surface area contributed by atoms with Gasteiger partial charge in [0.1, 0.15) is 0 Å². The number of nitrogens with zero attached hydrogens (tertiary/aromatic N) is 2. The molecule has 1 atom stereocenters. The molecular formula is C24H32N2O5S. The van der Waals surface area contributed by atoms with E-state index in [4.69, 9.17) is 4.74 Å². The lowest BCUT2D eigenvalue weighted by atomic mass is 10.1. The molecule has 174 valence electrons. The van der Waals surface area contributed by atoms with E-state index in [-0.39, 0.29) is 29.4 Å². The first-order valence-corrected chi connectivity index (χ1v) is 12.7. The molecule has 1 aromatic heterocycles. The number of amides is 1. The molecule has 32 heavy (non-hydrogen) atoms. The van der Waals surface area contributed by atoms with E-state index in [9.17, 15) is 18.0 Å². The maximum Gasteiger partial charge on any atom is 0.340 e. The van der Waals surface area contributed by atoms with Crippen molar-refractivity contribution in [1.82, 2.24) is 9.47 Å². The smallest absolute Gasteiger partial charge is 0.340 e. The van der Waals surface area contributed by atoms with Gasteiger partial charge in [0.15, 0.2) is 16.4 Å². The third-order valence-corrected chi connectivity index (χ3v) is 7.55. The van der Waals surface area contributed by atoms with E-state index in [1.165, 1.54) is 0 Å². The van der Waals surface area contributed by atoms with E-state index in [2.05, 4.69) is 0 Å². The van der Waals surface area contributed by atoms with Gasteiger partial charge in [0.2, 0.25) is 0 Å². The van der Waals surface area contributed by atoms with Crippen LogP contribution in [0.15, 0.2) is 30.3 Å². The molecule has 2 heterocycles. The molecule has 1 aliphatic rings. The summed E-state index contributed by atoms with van der Waals surface area (Å²) in [6.45, 7) is 9.74. The molecule has 2 aromatic rings. The van der Waals surface area contributed by atoms with Crippen LogP contribution in [0.5, 0.6) is 0 Å². The molecule has 1 saturated heterocycles. The molecule has 0 saturated carbocycles. The highest BCUT2D eigenvalue weighted by Gasteiger charge is 2.35. The number of ether oxygens (including phenoxy) is 1. The molecule has 0 N–H and O–H groups in total. The quantitative estimate of drug-likeness (QED) is 0.592. The average molecular weight is 461 g/mol. The van der Waals surface area contributed by atoms with Gasteiger partial charge >= 0.3 is 5.97 Å². The molecule has 0 unspecified atom stereocenters. The third-order valence-electron chi connectivity index (χ3n) is 5.80. The van der Waals surface area contributed by atoms with Crippen LogP contribution in [0.25, 0.3) is 5.69 Å². The SMILES string of the molecule is Cc1ccc(-n2c(C)cc(C(=O)OCC(=O)N(CC(C)C)[C@@H]3CCS(=O)(=O)C3)c2C)cc1. The van der Waals surface area contributed by atoms with Crippen molar-refractivity contribution < 1.29 is 22.7 Å². The van der Waals surface area contributed by atoms with Gasteiger partial charge in [-0.1, -0.05) is 31.5 Å². The van der Waals surface area contributed by atoms with Crippen molar-refractivity contribution in [1.29, 1.82) is 0 Å². The highest BCUT2D eigenvalue weighted by atomic mass is 32.2. The Balaban J connectivity index is 1.72. The molecule has 1 aromatic carbocycles. The Labute approximate surface area is 190 Å². The first kappa shape index (κ1) is 24.0. The van der Waals surface area contributed by atoms with Crippen molar-refractivity contribution in [2.45, 2.75) is 47.1 Å². The van der Waals surface area contributed by atoms with Gasteiger partial charge in [-0.05, 0) is 51.3 Å². The van der Waals surface area contributed by atoms with Gasteiger partial charge in [0.05, 0.1) is 17.1 Å². The average Bonchev–Trinajstić information content (AvgIpc) is 3.23. The minimum atomic E-state index is -3.13. The largest absolute Gasteiger partial charge is 0.452 e. The molecule has 0 spiro atoms. The van der Waals surface area contributed by atoms with Crippen LogP contribution in [0.2, 0.25) is 0 Å². The number of hydrogen-bond donors (Lipinski definition) is 0. The van der Waals surface area contributed by atoms with Crippen molar-refractivity contribution in [2.24, 2.45) is 5.92 Å². The molecule has 1 amide bonds. The van der Waals surface area contributed by atoms with E-state index in [1.54, 1.807) is 11.0 Å². The van der Waals surface area contributed by atoms with Crippen molar-refractivity contribution >= 4 is 21.7 Å². The van der Waals surface area contributed by atoms with Crippen molar-refractivity contribution in [2.75, 3.05) is 24.7 Å². The van der Waals surface area contributed by atoms with Crippen molar-refractivity contribution in [3.8, 4) is 5.69 Å². The van der Waals surface area contributed by atoms with Crippen LogP contribution in [0.3, 0.4) is 0 Å². The standard InChI is InChI=1S/C24H32N2O5S/c1-16(2)13-25(21-10-11-32(29,30)15-21)23(27)14-31-24(28)22-12-18(4)26(19(22)5)20-8-6-17(3)7-9-20/h6-9,12,16,21H,10-11,13-15H2,1-5H3/t21-/m1/s1. The Morgan fingerprint density at radius 3 is 2.38 bits per heavy atom. The van der Waals surface area contributed by atoms with Crippen LogP contribution in [-0.2, 0) is 19.4 Å². The topological polar surface area (TPSA) is 85.7 Å². The minimum Gasteiger partial charge on any atom is -0.452 e. The summed E-state index contributed by atoms with van der Waals surface area (Å²) in [6.07, 6.45) is 0.423. The lowest BCUT2D eigenvalue weighted by Crippen LogP contribution is -2.45. The monoisotopic (exact) mass is 460 g/mol. The third kappa shape index (κ3) is 5.41. The lowest BCUT2D eigenvalue weighted by molar-refractivity contribution is -0.137. The van der Waals surface area contributed by atoms with Crippen LogP contribution < -0.4 is 0 Å². The fourth-order valence-electron chi connectivity index (χ4n) is 4.22. The molecule has 7 nitrogen and oxygen atoms in total. The van der Waals surface area contributed by atoms with Crippen LogP contribution in [0.4, 0.5) is 0 Å². The number of hydrogen-bond acceptors (Lipinski definition) is 5. The van der Waals surface area contributed by atoms with Gasteiger partial charge in [-0.2, -0.15) is 0 Å². The Morgan fingerprint density at radius 2 is 1.81 bits per heavy atom. The zero-order valence-electron chi connectivity index (χ0n) is 19.4. The normalized spacial score (nSPS) is 17.5. The van der Waals surface area contributed by atoms with Crippen LogP contribution in [-0.4, -0.2) is 60.5 Å². The number of esters is 1. The predicted molar refractivity (Wildman–Crippen MR) is 124 cm³/mol. The van der Waals surface area contributed by atoms with E-state index in [1.807, 2.05) is 63.5 Å². The van der Waals surface area contributed by atoms with Gasteiger partial charge in [-0.25, -0.2) is 13.2 Å². The summed E-state index contributed by atoms with van der Waals surface area (Å²) >= 11 is 0. The number of carbonyl (C=O) groups excluding carboxylic acids is 2. The fourth-order valence-corrected chi connectivity index (χ4v) is 5.95. The molecule has 0 bridgehead atoms. The molecule has 0 radical (unpaired) electrons. The molecule has 1 aliphatic heterocycles. The van der Waals surface area contributed by atoms with Crippen LogP contribution in [0.1, 0.15) is 47.6 Å². The number of carbonyl (C=O) groups is 2. The van der Waals surface area contributed by atoms with Gasteiger partial charge in [0.25, 0.3) is 5.91 Å². The van der Waals surface area contributed by atoms with E-state index in [0.717, 1.165) is 22.6 Å². The summed E-state index contributed by atoms with van der Waals surface area (Å²) in [5.41, 5.74) is 4.14. The van der Waals surface area contributed by atoms with E-state index in [0.29, 0.717) is 18.5 Å². The highest BCUT2D eigenvalue weighted by molar-refractivity contribution is 7.91. The molecule has 0 aliphatic carbocycles. The molecular weight excluding hydrogens is 428 g/mol. The Morgan fingerprint density at radius 1 is 1.16 bits per heavy atom. The summed E-state index contributed by atoms with van der Waals surface area (Å²) in [6, 6.07) is 9.41. The van der Waals surface area contributed by atoms with Gasteiger partial charge in [-0.3, -0.25) is 4.79 Å². The van der Waals surface area contributed by atoms with Crippen LogP contribution in [0, 0.1) is 26.7 Å². The number of aryl methyl sites for hydroxylation is 2.